The average Bonchev–Trinajstić information content (AvgIpc) is 2.72. The molecule has 0 spiro atoms. The summed E-state index contributed by atoms with van der Waals surface area (Å²) in [7, 11) is 0. The van der Waals surface area contributed by atoms with Crippen LogP contribution in [0.4, 0.5) is 4.79 Å². The Morgan fingerprint density at radius 2 is 1.61 bits per heavy atom. The first-order chi connectivity index (χ1) is 13.6. The molecular formula is C22H21NO5. The number of aliphatic hydroxyl groups excluding tert-OH is 1. The Morgan fingerprint density at radius 3 is 2.32 bits per heavy atom. The summed E-state index contributed by atoms with van der Waals surface area (Å²) in [5.41, 5.74) is 1.05. The molecule has 3 rings (SSSR count). The molecule has 0 radical (unpaired) electrons. The van der Waals surface area contributed by atoms with Gasteiger partial charge in [-0.2, -0.15) is 0 Å². The second kappa shape index (κ2) is 9.01. The summed E-state index contributed by atoms with van der Waals surface area (Å²) >= 11 is 0. The smallest absolute Gasteiger partial charge is 0.414 e. The van der Waals surface area contributed by atoms with Crippen molar-refractivity contribution < 1.29 is 24.5 Å². The number of hydrogen-bond acceptors (Lipinski definition) is 5. The number of phenols is 1. The molecule has 28 heavy (non-hydrogen) atoms. The lowest BCUT2D eigenvalue weighted by molar-refractivity contribution is 0.0774. The molecule has 144 valence electrons. The van der Waals surface area contributed by atoms with Crippen LogP contribution in [0.2, 0.25) is 0 Å². The van der Waals surface area contributed by atoms with Gasteiger partial charge in [0.1, 0.15) is 11.9 Å². The van der Waals surface area contributed by atoms with Crippen molar-refractivity contribution in [1.82, 2.24) is 5.32 Å². The van der Waals surface area contributed by atoms with Crippen LogP contribution in [-0.4, -0.2) is 28.8 Å². The van der Waals surface area contributed by atoms with E-state index in [4.69, 9.17) is 4.74 Å². The maximum absolute atomic E-state index is 12.3. The first-order valence-electron chi connectivity index (χ1n) is 8.98. The largest absolute Gasteiger partial charge is 0.507 e. The van der Waals surface area contributed by atoms with Crippen LogP contribution in [0.3, 0.4) is 0 Å². The second-order valence-electron chi connectivity index (χ2n) is 6.30. The normalized spacial score (nSPS) is 11.8. The Bertz CT molecular complexity index is 971. The number of carbonyl (C=O) groups is 2. The van der Waals surface area contributed by atoms with Crippen molar-refractivity contribution in [2.45, 2.75) is 18.9 Å². The average molecular weight is 379 g/mol. The van der Waals surface area contributed by atoms with Crippen LogP contribution >= 0.6 is 0 Å². The molecule has 0 aliphatic carbocycles. The van der Waals surface area contributed by atoms with Gasteiger partial charge in [-0.05, 0) is 36.4 Å². The standard InChI is InChI=1S/C22H21NO5/c24-14-6-11-20(18-12-13-19(25)17-10-5-4-9-16(17)18)28-22(27)23-21(26)15-7-2-1-3-8-15/h1-5,7-10,12-13,20,24-25H,6,11,14H2,(H,23,26,27)/t20-/m0/s1. The highest BCUT2D eigenvalue weighted by atomic mass is 16.6. The number of nitrogens with one attached hydrogen (secondary N) is 1. The summed E-state index contributed by atoms with van der Waals surface area (Å²) < 4.78 is 5.52. The van der Waals surface area contributed by atoms with Gasteiger partial charge in [0.2, 0.25) is 0 Å². The number of hydrogen-bond donors (Lipinski definition) is 3. The van der Waals surface area contributed by atoms with E-state index < -0.39 is 18.1 Å². The van der Waals surface area contributed by atoms with Gasteiger partial charge >= 0.3 is 6.09 Å². The summed E-state index contributed by atoms with van der Waals surface area (Å²) in [5, 5.41) is 22.9. The number of phenolic OH excluding ortho intramolecular Hbond substituents is 1. The van der Waals surface area contributed by atoms with Gasteiger partial charge < -0.3 is 14.9 Å². The lowest BCUT2D eigenvalue weighted by Crippen LogP contribution is -2.32. The van der Waals surface area contributed by atoms with Crippen LogP contribution in [0.5, 0.6) is 5.75 Å². The quantitative estimate of drug-likeness (QED) is 0.603. The Kier molecular flexibility index (Phi) is 6.24. The number of amides is 2. The van der Waals surface area contributed by atoms with E-state index in [0.29, 0.717) is 29.4 Å². The molecule has 3 aromatic rings. The van der Waals surface area contributed by atoms with Crippen molar-refractivity contribution >= 4 is 22.8 Å². The van der Waals surface area contributed by atoms with Gasteiger partial charge in [0.25, 0.3) is 5.91 Å². The molecule has 1 atom stereocenters. The molecule has 0 aliphatic heterocycles. The van der Waals surface area contributed by atoms with Crippen molar-refractivity contribution in [3.05, 3.63) is 77.9 Å². The summed E-state index contributed by atoms with van der Waals surface area (Å²) in [5.74, 6) is -0.425. The van der Waals surface area contributed by atoms with E-state index in [1.165, 1.54) is 0 Å². The predicted octanol–water partition coefficient (Wildman–Crippen LogP) is 3.93. The van der Waals surface area contributed by atoms with E-state index in [2.05, 4.69) is 5.32 Å². The Balaban J connectivity index is 1.82. The molecular weight excluding hydrogens is 358 g/mol. The fraction of sp³-hybridized carbons (Fsp3) is 0.182. The molecule has 0 unspecified atom stereocenters. The minimum absolute atomic E-state index is 0.0551. The second-order valence-corrected chi connectivity index (χ2v) is 6.30. The highest BCUT2D eigenvalue weighted by Crippen LogP contribution is 2.34. The number of benzene rings is 3. The molecule has 0 heterocycles. The summed E-state index contributed by atoms with van der Waals surface area (Å²) in [6.45, 7) is -0.0551. The fourth-order valence-electron chi connectivity index (χ4n) is 3.05. The van der Waals surface area contributed by atoms with Crippen LogP contribution in [0.25, 0.3) is 10.8 Å². The van der Waals surface area contributed by atoms with Gasteiger partial charge in [-0.1, -0.05) is 48.5 Å². The fourth-order valence-corrected chi connectivity index (χ4v) is 3.05. The van der Waals surface area contributed by atoms with Crippen molar-refractivity contribution in [3.8, 4) is 5.75 Å². The molecule has 0 aromatic heterocycles. The van der Waals surface area contributed by atoms with E-state index in [1.54, 1.807) is 54.6 Å². The van der Waals surface area contributed by atoms with E-state index in [0.717, 1.165) is 5.39 Å². The molecule has 3 N–H and O–H groups in total. The minimum Gasteiger partial charge on any atom is -0.507 e. The van der Waals surface area contributed by atoms with Crippen molar-refractivity contribution in [1.29, 1.82) is 0 Å². The SMILES string of the molecule is O=C(NC(=O)c1ccccc1)O[C@@H](CCCO)c1ccc(O)c2ccccc12. The number of carbonyl (C=O) groups excluding carboxylic acids is 2. The zero-order valence-corrected chi connectivity index (χ0v) is 15.2. The highest BCUT2D eigenvalue weighted by molar-refractivity contribution is 6.02. The number of aromatic hydroxyl groups is 1. The zero-order valence-electron chi connectivity index (χ0n) is 15.2. The number of ether oxygens (including phenoxy) is 1. The van der Waals surface area contributed by atoms with Crippen LogP contribution in [0.15, 0.2) is 66.7 Å². The van der Waals surface area contributed by atoms with Crippen molar-refractivity contribution in [2.24, 2.45) is 0 Å². The van der Waals surface area contributed by atoms with E-state index in [-0.39, 0.29) is 12.4 Å². The third-order valence-corrected chi connectivity index (χ3v) is 4.41. The number of rotatable bonds is 6. The summed E-state index contributed by atoms with van der Waals surface area (Å²) in [4.78, 5) is 24.5. The maximum Gasteiger partial charge on any atom is 0.414 e. The number of imide groups is 1. The van der Waals surface area contributed by atoms with Gasteiger partial charge in [-0.15, -0.1) is 0 Å². The molecule has 0 saturated heterocycles. The van der Waals surface area contributed by atoms with Gasteiger partial charge in [-0.3, -0.25) is 10.1 Å². The predicted molar refractivity (Wildman–Crippen MR) is 105 cm³/mol. The maximum atomic E-state index is 12.3. The summed E-state index contributed by atoms with van der Waals surface area (Å²) in [6, 6.07) is 18.8. The van der Waals surface area contributed by atoms with Crippen molar-refractivity contribution in [3.63, 3.8) is 0 Å². The Morgan fingerprint density at radius 1 is 0.929 bits per heavy atom. The third-order valence-electron chi connectivity index (χ3n) is 4.41. The lowest BCUT2D eigenvalue weighted by Gasteiger charge is -2.20. The van der Waals surface area contributed by atoms with Crippen LogP contribution in [0, 0.1) is 0 Å². The molecule has 6 heteroatoms. The molecule has 6 nitrogen and oxygen atoms in total. The molecule has 0 bridgehead atoms. The number of alkyl carbamates (subject to hydrolysis) is 1. The number of fused-ring (bicyclic) bond motifs is 1. The summed E-state index contributed by atoms with van der Waals surface area (Å²) in [6.07, 6.45) is -0.756. The van der Waals surface area contributed by atoms with Crippen LogP contribution < -0.4 is 5.32 Å². The highest BCUT2D eigenvalue weighted by Gasteiger charge is 2.21. The van der Waals surface area contributed by atoms with Crippen LogP contribution in [0.1, 0.15) is 34.9 Å². The first-order valence-corrected chi connectivity index (χ1v) is 8.98. The minimum atomic E-state index is -0.867. The molecule has 2 amide bonds. The number of aliphatic hydroxyl groups is 1. The van der Waals surface area contributed by atoms with E-state index >= 15 is 0 Å². The van der Waals surface area contributed by atoms with E-state index in [9.17, 15) is 19.8 Å². The third kappa shape index (κ3) is 4.47. The molecule has 3 aromatic carbocycles. The van der Waals surface area contributed by atoms with Gasteiger partial charge in [0.05, 0.1) is 0 Å². The van der Waals surface area contributed by atoms with Crippen LogP contribution in [-0.2, 0) is 4.74 Å². The molecule has 0 saturated carbocycles. The monoisotopic (exact) mass is 379 g/mol. The Labute approximate surface area is 162 Å². The topological polar surface area (TPSA) is 95.9 Å². The Hall–Kier alpha value is -3.38. The first kappa shape index (κ1) is 19.4. The van der Waals surface area contributed by atoms with Crippen molar-refractivity contribution in [2.75, 3.05) is 6.61 Å². The molecule has 0 aliphatic rings. The molecule has 0 fully saturated rings. The zero-order chi connectivity index (χ0) is 19.9. The van der Waals surface area contributed by atoms with Gasteiger partial charge in [0, 0.05) is 23.1 Å². The van der Waals surface area contributed by atoms with Gasteiger partial charge in [0.15, 0.2) is 0 Å². The van der Waals surface area contributed by atoms with E-state index in [1.807, 2.05) is 12.1 Å². The lowest BCUT2D eigenvalue weighted by atomic mass is 9.97. The van der Waals surface area contributed by atoms with Gasteiger partial charge in [-0.25, -0.2) is 4.79 Å².